The van der Waals surface area contributed by atoms with Crippen LogP contribution in [0.15, 0.2) is 39.9 Å². The minimum Gasteiger partial charge on any atom is -0.318 e. The molecular formula is C21H18F3N5OS. The van der Waals surface area contributed by atoms with E-state index in [-0.39, 0.29) is 22.5 Å². The van der Waals surface area contributed by atoms with Crippen LogP contribution in [0.25, 0.3) is 11.8 Å². The van der Waals surface area contributed by atoms with Crippen LogP contribution in [-0.4, -0.2) is 37.7 Å². The number of amidine groups is 2. The van der Waals surface area contributed by atoms with Gasteiger partial charge in [0.1, 0.15) is 0 Å². The zero-order chi connectivity index (χ0) is 22.7. The Morgan fingerprint density at radius 2 is 1.84 bits per heavy atom. The number of hydrazone groups is 1. The van der Waals surface area contributed by atoms with Gasteiger partial charge in [-0.15, -0.1) is 0 Å². The van der Waals surface area contributed by atoms with E-state index in [1.807, 2.05) is 50.5 Å². The average molecular weight is 445 g/mol. The molecule has 6 nitrogen and oxygen atoms in total. The number of amides is 1. The summed E-state index contributed by atoms with van der Waals surface area (Å²) in [5.74, 6) is -1.20. The molecule has 1 amide bonds. The standard InChI is InChI=1S/C21H18F3N5OS/c1-10-5-6-11(2)16(7-10)28-12(3)8-14(13(28)4)9-15-17(25)29-20(26-18(15)30)31-19(27-29)21(22,23)24/h5-9,25H,1-4H3. The number of hydrogen-bond donors (Lipinski definition) is 1. The predicted molar refractivity (Wildman–Crippen MR) is 116 cm³/mol. The number of hydrogen-bond acceptors (Lipinski definition) is 4. The first-order valence-electron chi connectivity index (χ1n) is 9.31. The number of thioether (sulfide) groups is 1. The molecule has 1 N–H and O–H groups in total. The van der Waals surface area contributed by atoms with Crippen LogP contribution >= 0.6 is 11.8 Å². The molecule has 0 spiro atoms. The van der Waals surface area contributed by atoms with Gasteiger partial charge in [-0.3, -0.25) is 10.2 Å². The van der Waals surface area contributed by atoms with E-state index in [1.54, 1.807) is 0 Å². The molecule has 3 heterocycles. The summed E-state index contributed by atoms with van der Waals surface area (Å²) >= 11 is 0.235. The maximum absolute atomic E-state index is 13.0. The molecule has 4 rings (SSSR count). The van der Waals surface area contributed by atoms with Gasteiger partial charge >= 0.3 is 6.18 Å². The third kappa shape index (κ3) is 3.60. The lowest BCUT2D eigenvalue weighted by atomic mass is 10.1. The molecule has 31 heavy (non-hydrogen) atoms. The summed E-state index contributed by atoms with van der Waals surface area (Å²) in [5, 5.41) is 11.0. The van der Waals surface area contributed by atoms with Crippen LogP contribution in [0.2, 0.25) is 0 Å². The molecule has 0 saturated carbocycles. The summed E-state index contributed by atoms with van der Waals surface area (Å²) < 4.78 is 41.0. The van der Waals surface area contributed by atoms with Crippen molar-refractivity contribution in [2.24, 2.45) is 10.1 Å². The molecular weight excluding hydrogens is 427 g/mol. The number of aryl methyl sites for hydroxylation is 3. The molecule has 0 bridgehead atoms. The first kappa shape index (κ1) is 21.1. The highest BCUT2D eigenvalue weighted by atomic mass is 32.2. The van der Waals surface area contributed by atoms with Crippen molar-refractivity contribution in [2.75, 3.05) is 0 Å². The molecule has 0 unspecified atom stereocenters. The Hall–Kier alpha value is -3.14. The van der Waals surface area contributed by atoms with Crippen LogP contribution in [0.3, 0.4) is 0 Å². The predicted octanol–water partition coefficient (Wildman–Crippen LogP) is 4.89. The fourth-order valence-electron chi connectivity index (χ4n) is 3.53. The molecule has 0 radical (unpaired) electrons. The summed E-state index contributed by atoms with van der Waals surface area (Å²) in [6.45, 7) is 7.82. The highest BCUT2D eigenvalue weighted by Crippen LogP contribution is 2.35. The number of fused-ring (bicyclic) bond motifs is 1. The van der Waals surface area contributed by atoms with Crippen molar-refractivity contribution < 1.29 is 18.0 Å². The van der Waals surface area contributed by atoms with Gasteiger partial charge in [0.05, 0.1) is 5.57 Å². The third-order valence-electron chi connectivity index (χ3n) is 5.07. The summed E-state index contributed by atoms with van der Waals surface area (Å²) in [5.41, 5.74) is 5.50. The van der Waals surface area contributed by atoms with Crippen molar-refractivity contribution in [1.82, 2.24) is 9.58 Å². The van der Waals surface area contributed by atoms with Crippen molar-refractivity contribution >= 4 is 39.8 Å². The van der Waals surface area contributed by atoms with E-state index < -0.39 is 23.0 Å². The Bertz CT molecular complexity index is 1240. The normalized spacial score (nSPS) is 17.9. The molecule has 10 heteroatoms. The Morgan fingerprint density at radius 1 is 1.13 bits per heavy atom. The van der Waals surface area contributed by atoms with Crippen molar-refractivity contribution in [3.05, 3.63) is 57.9 Å². The van der Waals surface area contributed by atoms with Crippen LogP contribution in [0.5, 0.6) is 0 Å². The van der Waals surface area contributed by atoms with E-state index in [4.69, 9.17) is 5.41 Å². The number of benzene rings is 1. The first-order valence-corrected chi connectivity index (χ1v) is 10.1. The van der Waals surface area contributed by atoms with Gasteiger partial charge in [0.25, 0.3) is 5.91 Å². The van der Waals surface area contributed by atoms with Gasteiger partial charge in [0.15, 0.2) is 5.84 Å². The second kappa shape index (κ2) is 7.23. The molecule has 2 aliphatic heterocycles. The first-order chi connectivity index (χ1) is 14.5. The van der Waals surface area contributed by atoms with Gasteiger partial charge < -0.3 is 4.57 Å². The van der Waals surface area contributed by atoms with Crippen molar-refractivity contribution in [3.8, 4) is 5.69 Å². The molecule has 2 aliphatic rings. The highest BCUT2D eigenvalue weighted by Gasteiger charge is 2.46. The lowest BCUT2D eigenvalue weighted by Gasteiger charge is -2.20. The largest absolute Gasteiger partial charge is 0.441 e. The Balaban J connectivity index is 1.77. The third-order valence-corrected chi connectivity index (χ3v) is 6.03. The molecule has 0 aliphatic carbocycles. The van der Waals surface area contributed by atoms with Gasteiger partial charge in [0.2, 0.25) is 10.2 Å². The molecule has 0 saturated heterocycles. The average Bonchev–Trinajstić information content (AvgIpc) is 3.22. The molecule has 160 valence electrons. The van der Waals surface area contributed by atoms with Gasteiger partial charge in [-0.05, 0) is 74.4 Å². The lowest BCUT2D eigenvalue weighted by molar-refractivity contribution is -0.114. The smallest absolute Gasteiger partial charge is 0.318 e. The number of nitrogens with zero attached hydrogens (tertiary/aromatic N) is 4. The number of alkyl halides is 3. The number of rotatable bonds is 2. The fourth-order valence-corrected chi connectivity index (χ4v) is 4.29. The van der Waals surface area contributed by atoms with Crippen LogP contribution in [0.1, 0.15) is 28.1 Å². The van der Waals surface area contributed by atoms with E-state index in [0.717, 1.165) is 33.2 Å². The van der Waals surface area contributed by atoms with E-state index in [9.17, 15) is 18.0 Å². The van der Waals surface area contributed by atoms with Crippen molar-refractivity contribution in [2.45, 2.75) is 33.9 Å². The summed E-state index contributed by atoms with van der Waals surface area (Å²) in [6.07, 6.45) is -3.19. The molecule has 2 aromatic rings. The zero-order valence-electron chi connectivity index (χ0n) is 17.1. The zero-order valence-corrected chi connectivity index (χ0v) is 17.9. The highest BCUT2D eigenvalue weighted by molar-refractivity contribution is 8.27. The second-order valence-electron chi connectivity index (χ2n) is 7.37. The fraction of sp³-hybridized carbons (Fsp3) is 0.238. The lowest BCUT2D eigenvalue weighted by Crippen LogP contribution is -2.35. The van der Waals surface area contributed by atoms with Gasteiger partial charge in [-0.25, -0.2) is 0 Å². The Morgan fingerprint density at radius 3 is 2.52 bits per heavy atom. The minimum atomic E-state index is -4.67. The molecule has 1 aromatic carbocycles. The summed E-state index contributed by atoms with van der Waals surface area (Å²) in [7, 11) is 0. The number of aliphatic imine (C=N–C) groups is 1. The van der Waals surface area contributed by atoms with E-state index in [1.165, 1.54) is 6.08 Å². The van der Waals surface area contributed by atoms with Crippen LogP contribution < -0.4 is 0 Å². The second-order valence-corrected chi connectivity index (χ2v) is 8.33. The number of aromatic nitrogens is 1. The number of halogens is 3. The van der Waals surface area contributed by atoms with Crippen molar-refractivity contribution in [3.63, 3.8) is 0 Å². The summed E-state index contributed by atoms with van der Waals surface area (Å²) in [6, 6.07) is 7.98. The quantitative estimate of drug-likeness (QED) is 0.669. The summed E-state index contributed by atoms with van der Waals surface area (Å²) in [4.78, 5) is 16.2. The van der Waals surface area contributed by atoms with E-state index >= 15 is 0 Å². The monoisotopic (exact) mass is 445 g/mol. The number of carbonyl (C=O) groups excluding carboxylic acids is 1. The van der Waals surface area contributed by atoms with Gasteiger partial charge in [-0.2, -0.15) is 28.3 Å². The number of nitrogens with one attached hydrogen (secondary N) is 1. The van der Waals surface area contributed by atoms with E-state index in [0.29, 0.717) is 5.56 Å². The molecule has 1 aromatic heterocycles. The van der Waals surface area contributed by atoms with Crippen molar-refractivity contribution in [1.29, 1.82) is 5.41 Å². The molecule has 0 fully saturated rings. The van der Waals surface area contributed by atoms with Gasteiger partial charge in [-0.1, -0.05) is 12.1 Å². The SMILES string of the molecule is Cc1ccc(C)c(-n2c(C)cc(C=C3C(=N)N4N=C(C(F)(F)F)SC4=NC3=O)c2C)c1. The topological polar surface area (TPSA) is 73.8 Å². The molecule has 0 atom stereocenters. The van der Waals surface area contributed by atoms with Crippen LogP contribution in [-0.2, 0) is 4.79 Å². The minimum absolute atomic E-state index is 0.113. The maximum Gasteiger partial charge on any atom is 0.441 e. The Labute approximate surface area is 180 Å². The maximum atomic E-state index is 13.0. The van der Waals surface area contributed by atoms with Gasteiger partial charge in [0, 0.05) is 17.1 Å². The van der Waals surface area contributed by atoms with E-state index in [2.05, 4.69) is 16.2 Å². The van der Waals surface area contributed by atoms with Crippen LogP contribution in [0, 0.1) is 33.1 Å². The van der Waals surface area contributed by atoms with Crippen LogP contribution in [0.4, 0.5) is 13.2 Å². The Kier molecular flexibility index (Phi) is 4.92. The number of carbonyl (C=O) groups is 1.